The van der Waals surface area contributed by atoms with Crippen LogP contribution in [-0.4, -0.2) is 54.8 Å². The summed E-state index contributed by atoms with van der Waals surface area (Å²) in [7, 11) is 1.57. The van der Waals surface area contributed by atoms with Gasteiger partial charge in [-0.15, -0.1) is 0 Å². The van der Waals surface area contributed by atoms with Crippen LogP contribution in [0.15, 0.2) is 0 Å². The number of rotatable bonds is 5. The molecule has 0 unspecified atom stereocenters. The Kier molecular flexibility index (Phi) is 8.35. The number of carbonyl (C=O) groups is 3. The van der Waals surface area contributed by atoms with E-state index in [1.807, 2.05) is 0 Å². The molecule has 8 nitrogen and oxygen atoms in total. The highest BCUT2D eigenvalue weighted by atomic mass is 79.9. The van der Waals surface area contributed by atoms with E-state index in [2.05, 4.69) is 21.9 Å². The molecule has 1 rings (SSSR count). The Bertz CT molecular complexity index is 366. The molecule has 0 aromatic heterocycles. The van der Waals surface area contributed by atoms with Crippen molar-refractivity contribution in [3.05, 3.63) is 0 Å². The van der Waals surface area contributed by atoms with Crippen LogP contribution in [0.25, 0.3) is 0 Å². The second-order valence-corrected chi connectivity index (χ2v) is 4.46. The first kappa shape index (κ1) is 18.8. The van der Waals surface area contributed by atoms with E-state index in [-0.39, 0.29) is 41.2 Å². The van der Waals surface area contributed by atoms with Crippen molar-refractivity contribution in [1.29, 1.82) is 0 Å². The second kappa shape index (κ2) is 8.88. The first-order chi connectivity index (χ1) is 9.01. The molecule has 0 bridgehead atoms. The van der Waals surface area contributed by atoms with Crippen LogP contribution in [0.2, 0.25) is 0 Å². The number of likely N-dealkylation sites (tertiary alicyclic amines) is 1. The number of carbonyl (C=O) groups excluding carboxylic acids is 3. The Morgan fingerprint density at radius 1 is 1.40 bits per heavy atom. The van der Waals surface area contributed by atoms with Gasteiger partial charge in [0, 0.05) is 13.6 Å². The summed E-state index contributed by atoms with van der Waals surface area (Å²) < 4.78 is 0. The molecule has 3 amide bonds. The Hall–Kier alpha value is -1.19. The SMILES string of the molecule is CNNC(=O)[C@H](C)NC(=O)[C@@H]1CCCN1C(=O)C[NH3+].[Br-]. The third-order valence-corrected chi connectivity index (χ3v) is 3.09. The Morgan fingerprint density at radius 2 is 2.05 bits per heavy atom. The summed E-state index contributed by atoms with van der Waals surface area (Å²) in [5.41, 5.74) is 8.44. The van der Waals surface area contributed by atoms with Crippen LogP contribution in [-0.2, 0) is 14.4 Å². The zero-order valence-electron chi connectivity index (χ0n) is 11.7. The summed E-state index contributed by atoms with van der Waals surface area (Å²) in [6, 6.07) is -1.14. The van der Waals surface area contributed by atoms with Crippen LogP contribution in [0.3, 0.4) is 0 Å². The lowest BCUT2D eigenvalue weighted by Gasteiger charge is -2.24. The summed E-state index contributed by atoms with van der Waals surface area (Å²) >= 11 is 0. The van der Waals surface area contributed by atoms with Crippen molar-refractivity contribution in [2.75, 3.05) is 20.1 Å². The highest BCUT2D eigenvalue weighted by molar-refractivity contribution is 5.92. The van der Waals surface area contributed by atoms with Crippen LogP contribution < -0.4 is 38.9 Å². The lowest BCUT2D eigenvalue weighted by atomic mass is 10.2. The molecule has 0 radical (unpaired) electrons. The Morgan fingerprint density at radius 3 is 2.60 bits per heavy atom. The van der Waals surface area contributed by atoms with Gasteiger partial charge in [-0.25, -0.2) is 5.43 Å². The van der Waals surface area contributed by atoms with Crippen molar-refractivity contribution in [1.82, 2.24) is 21.1 Å². The molecule has 1 fully saturated rings. The average molecular weight is 352 g/mol. The third-order valence-electron chi connectivity index (χ3n) is 3.09. The second-order valence-electron chi connectivity index (χ2n) is 4.46. The fourth-order valence-corrected chi connectivity index (χ4v) is 2.09. The predicted molar refractivity (Wildman–Crippen MR) is 67.3 cm³/mol. The third kappa shape index (κ3) is 4.73. The van der Waals surface area contributed by atoms with Gasteiger partial charge < -0.3 is 32.9 Å². The van der Waals surface area contributed by atoms with Crippen LogP contribution in [0, 0.1) is 0 Å². The topological polar surface area (TPSA) is 118 Å². The first-order valence-corrected chi connectivity index (χ1v) is 6.37. The number of hydrazine groups is 1. The minimum Gasteiger partial charge on any atom is -1.00 e. The summed E-state index contributed by atoms with van der Waals surface area (Å²) in [5, 5.41) is 2.61. The monoisotopic (exact) mass is 351 g/mol. The molecule has 0 aromatic rings. The molecule has 0 aromatic carbocycles. The van der Waals surface area contributed by atoms with E-state index in [1.165, 1.54) is 4.90 Å². The minimum atomic E-state index is -0.655. The Balaban J connectivity index is 0.00000361. The number of nitrogens with zero attached hydrogens (tertiary/aromatic N) is 1. The van der Waals surface area contributed by atoms with Crippen molar-refractivity contribution in [2.24, 2.45) is 0 Å². The van der Waals surface area contributed by atoms with Crippen LogP contribution in [0.4, 0.5) is 0 Å². The molecule has 1 aliphatic heterocycles. The van der Waals surface area contributed by atoms with Gasteiger partial charge in [0.15, 0.2) is 6.54 Å². The van der Waals surface area contributed by atoms with Crippen LogP contribution in [0.5, 0.6) is 0 Å². The van der Waals surface area contributed by atoms with Crippen molar-refractivity contribution in [3.63, 3.8) is 0 Å². The van der Waals surface area contributed by atoms with E-state index in [9.17, 15) is 14.4 Å². The summed E-state index contributed by atoms with van der Waals surface area (Å²) in [5.74, 6) is -0.757. The van der Waals surface area contributed by atoms with Crippen molar-refractivity contribution >= 4 is 17.7 Å². The average Bonchev–Trinajstić information content (AvgIpc) is 2.87. The van der Waals surface area contributed by atoms with E-state index in [4.69, 9.17) is 0 Å². The van der Waals surface area contributed by atoms with Crippen LogP contribution >= 0.6 is 0 Å². The zero-order valence-corrected chi connectivity index (χ0v) is 13.3. The molecule has 2 atom stereocenters. The molecule has 1 heterocycles. The molecule has 116 valence electrons. The fraction of sp³-hybridized carbons (Fsp3) is 0.727. The predicted octanol–water partition coefficient (Wildman–Crippen LogP) is -6.02. The standard InChI is InChI=1S/C11H21N5O3.BrH/c1-7(10(18)15-13-2)14-11(19)8-4-3-5-16(8)9(17)6-12;/h7-8,13H,3-6,12H2,1-2H3,(H,14,19)(H,15,18);1H/t7-,8-;/m0./s1. The van der Waals surface area contributed by atoms with Gasteiger partial charge in [-0.05, 0) is 19.8 Å². The van der Waals surface area contributed by atoms with Gasteiger partial charge in [0.1, 0.15) is 12.1 Å². The summed E-state index contributed by atoms with van der Waals surface area (Å²) in [4.78, 5) is 36.7. The molecule has 0 saturated carbocycles. The number of hydrogen-bond acceptors (Lipinski definition) is 4. The molecule has 20 heavy (non-hydrogen) atoms. The highest BCUT2D eigenvalue weighted by Gasteiger charge is 2.35. The van der Waals surface area contributed by atoms with Gasteiger partial charge >= 0.3 is 0 Å². The highest BCUT2D eigenvalue weighted by Crippen LogP contribution is 2.17. The first-order valence-electron chi connectivity index (χ1n) is 6.37. The summed E-state index contributed by atoms with van der Waals surface area (Å²) in [6.45, 7) is 2.30. The van der Waals surface area contributed by atoms with E-state index in [0.29, 0.717) is 13.0 Å². The zero-order chi connectivity index (χ0) is 14.4. The van der Waals surface area contributed by atoms with Crippen LogP contribution in [0.1, 0.15) is 19.8 Å². The number of halogens is 1. The maximum absolute atomic E-state index is 12.1. The Labute approximate surface area is 128 Å². The van der Waals surface area contributed by atoms with Crippen molar-refractivity contribution in [3.8, 4) is 0 Å². The molecule has 6 N–H and O–H groups in total. The molecule has 1 saturated heterocycles. The number of hydrogen-bond donors (Lipinski definition) is 4. The molecule has 1 aliphatic rings. The molecule has 9 heteroatoms. The lowest BCUT2D eigenvalue weighted by molar-refractivity contribution is -0.357. The number of nitrogens with one attached hydrogen (secondary N) is 3. The molecular formula is C11H22BrN5O3. The van der Waals surface area contributed by atoms with Gasteiger partial charge in [0.05, 0.1) is 0 Å². The number of quaternary nitrogens is 1. The lowest BCUT2D eigenvalue weighted by Crippen LogP contribution is -3.00. The van der Waals surface area contributed by atoms with E-state index < -0.39 is 12.1 Å². The van der Waals surface area contributed by atoms with Crippen molar-refractivity contribution < 1.29 is 37.1 Å². The van der Waals surface area contributed by atoms with E-state index in [0.717, 1.165) is 6.42 Å². The number of amides is 3. The van der Waals surface area contributed by atoms with Gasteiger partial charge in [-0.3, -0.25) is 19.8 Å². The normalized spacial score (nSPS) is 18.9. The van der Waals surface area contributed by atoms with Gasteiger partial charge in [0.2, 0.25) is 5.91 Å². The maximum Gasteiger partial charge on any atom is 0.278 e. The van der Waals surface area contributed by atoms with E-state index in [1.54, 1.807) is 14.0 Å². The van der Waals surface area contributed by atoms with Gasteiger partial charge in [0.25, 0.3) is 11.8 Å². The largest absolute Gasteiger partial charge is 1.00 e. The maximum atomic E-state index is 12.1. The summed E-state index contributed by atoms with van der Waals surface area (Å²) in [6.07, 6.45) is 1.42. The molecule has 0 aliphatic carbocycles. The smallest absolute Gasteiger partial charge is 0.278 e. The molecular weight excluding hydrogens is 330 g/mol. The fourth-order valence-electron chi connectivity index (χ4n) is 2.09. The van der Waals surface area contributed by atoms with Gasteiger partial charge in [-0.1, -0.05) is 0 Å². The van der Waals surface area contributed by atoms with Gasteiger partial charge in [-0.2, -0.15) is 0 Å². The molecule has 0 spiro atoms. The van der Waals surface area contributed by atoms with E-state index >= 15 is 0 Å². The van der Waals surface area contributed by atoms with Crippen molar-refractivity contribution in [2.45, 2.75) is 31.8 Å². The minimum absolute atomic E-state index is 0. The quantitative estimate of drug-likeness (QED) is 0.369.